The number of phenols is 1. The van der Waals surface area contributed by atoms with Gasteiger partial charge in [-0.1, -0.05) is 6.92 Å². The fraction of sp³-hybridized carbons (Fsp3) is 0.364. The Morgan fingerprint density at radius 3 is 2.43 bits per heavy atom. The molecular weight excluding hydrogens is 514 g/mol. The van der Waals surface area contributed by atoms with Crippen LogP contribution < -0.4 is 9.64 Å². The average Bonchev–Trinajstić information content (AvgIpc) is 2.77. The van der Waals surface area contributed by atoms with Crippen molar-refractivity contribution in [2.75, 3.05) is 37.7 Å². The number of anilines is 1. The molecule has 0 radical (unpaired) electrons. The van der Waals surface area contributed by atoms with Crippen molar-refractivity contribution >= 4 is 55.4 Å². The van der Waals surface area contributed by atoms with Crippen LogP contribution in [0.2, 0.25) is 0 Å². The molecule has 8 heteroatoms. The summed E-state index contributed by atoms with van der Waals surface area (Å²) in [6.45, 7) is 7.39. The number of nitrogens with zero attached hydrogens (tertiary/aromatic N) is 3. The first-order valence-electron chi connectivity index (χ1n) is 9.95. The Morgan fingerprint density at radius 2 is 1.83 bits per heavy atom. The number of hydrogen-bond donors (Lipinski definition) is 1. The number of carbonyl (C=O) groups excluding carboxylic acids is 1. The Bertz CT molecular complexity index is 924. The number of halogens is 2. The Hall–Kier alpha value is -2.06. The Balaban J connectivity index is 1.71. The number of benzene rings is 2. The molecule has 6 nitrogen and oxygen atoms in total. The highest BCUT2D eigenvalue weighted by atomic mass is 79.9. The Labute approximate surface area is 193 Å². The molecule has 1 N–H and O–H groups in total. The van der Waals surface area contributed by atoms with Crippen LogP contribution in [0, 0.1) is 0 Å². The summed E-state index contributed by atoms with van der Waals surface area (Å²) in [5.74, 6) is 0.672. The number of hydrogen-bond acceptors (Lipinski definition) is 5. The molecule has 160 valence electrons. The maximum atomic E-state index is 11.8. The zero-order valence-corrected chi connectivity index (χ0v) is 20.2. The van der Waals surface area contributed by atoms with E-state index in [1.165, 1.54) is 0 Å². The van der Waals surface area contributed by atoms with Gasteiger partial charge in [0.25, 0.3) is 0 Å². The van der Waals surface area contributed by atoms with Gasteiger partial charge in [0, 0.05) is 53.4 Å². The molecule has 1 aliphatic rings. The number of piperazine rings is 1. The molecule has 2 aromatic carbocycles. The third-order valence-corrected chi connectivity index (χ3v) is 7.00. The van der Waals surface area contributed by atoms with Crippen LogP contribution in [0.25, 0.3) is 0 Å². The number of ether oxygens (including phenoxy) is 1. The summed E-state index contributed by atoms with van der Waals surface area (Å²) in [4.78, 5) is 20.5. The molecule has 30 heavy (non-hydrogen) atoms. The molecule has 0 aliphatic carbocycles. The Morgan fingerprint density at radius 1 is 1.17 bits per heavy atom. The number of amides is 1. The van der Waals surface area contributed by atoms with Crippen molar-refractivity contribution in [3.63, 3.8) is 0 Å². The van der Waals surface area contributed by atoms with Crippen molar-refractivity contribution in [1.29, 1.82) is 0 Å². The van der Waals surface area contributed by atoms with Crippen molar-refractivity contribution in [2.45, 2.75) is 20.3 Å². The summed E-state index contributed by atoms with van der Waals surface area (Å²) in [7, 11) is 0. The minimum absolute atomic E-state index is 0.0480. The predicted octanol–water partition coefficient (Wildman–Crippen LogP) is 5.13. The van der Waals surface area contributed by atoms with Gasteiger partial charge in [0.15, 0.2) is 11.5 Å². The fourth-order valence-corrected chi connectivity index (χ4v) is 4.15. The van der Waals surface area contributed by atoms with Crippen LogP contribution >= 0.6 is 31.9 Å². The van der Waals surface area contributed by atoms with Gasteiger partial charge in [0.2, 0.25) is 5.91 Å². The smallest absolute Gasteiger partial charge is 0.222 e. The third-order valence-electron chi connectivity index (χ3n) is 4.98. The van der Waals surface area contributed by atoms with E-state index in [0.717, 1.165) is 42.0 Å². The van der Waals surface area contributed by atoms with Gasteiger partial charge in [0.05, 0.1) is 17.9 Å². The number of aromatic hydroxyl groups is 1. The first-order chi connectivity index (χ1) is 14.4. The molecule has 3 rings (SSSR count). The molecule has 1 amide bonds. The standard InChI is InChI=1S/C22H25Br2N3O3/c1-3-20(28)27-11-9-26(10-12-27)16-7-5-15(6-8-16)25-14-17-21(24)18(23)13-19(22(17)29)30-4-2/h5-8,13-14,29H,3-4,9-12H2,1-2H3. The largest absolute Gasteiger partial charge is 0.504 e. The first-order valence-corrected chi connectivity index (χ1v) is 11.5. The molecular formula is C22H25Br2N3O3. The number of rotatable bonds is 6. The molecule has 1 heterocycles. The van der Waals surface area contributed by atoms with Gasteiger partial charge in [-0.25, -0.2) is 0 Å². The highest BCUT2D eigenvalue weighted by Crippen LogP contribution is 2.40. The lowest BCUT2D eigenvalue weighted by molar-refractivity contribution is -0.131. The van der Waals surface area contributed by atoms with Gasteiger partial charge in [-0.05, 0) is 69.1 Å². The summed E-state index contributed by atoms with van der Waals surface area (Å²) < 4.78 is 6.98. The van der Waals surface area contributed by atoms with Gasteiger partial charge in [-0.15, -0.1) is 0 Å². The zero-order valence-electron chi connectivity index (χ0n) is 17.1. The fourth-order valence-electron chi connectivity index (χ4n) is 3.32. The molecule has 1 saturated heterocycles. The lowest BCUT2D eigenvalue weighted by Gasteiger charge is -2.36. The van der Waals surface area contributed by atoms with Gasteiger partial charge >= 0.3 is 0 Å². The zero-order chi connectivity index (χ0) is 21.7. The molecule has 0 saturated carbocycles. The lowest BCUT2D eigenvalue weighted by atomic mass is 10.2. The van der Waals surface area contributed by atoms with Crippen LogP contribution in [0.15, 0.2) is 44.3 Å². The molecule has 0 spiro atoms. The van der Waals surface area contributed by atoms with E-state index < -0.39 is 0 Å². The van der Waals surface area contributed by atoms with Gasteiger partial charge < -0.3 is 19.6 Å². The van der Waals surface area contributed by atoms with Crippen molar-refractivity contribution in [2.24, 2.45) is 4.99 Å². The molecule has 0 atom stereocenters. The second-order valence-electron chi connectivity index (χ2n) is 6.86. The van der Waals surface area contributed by atoms with E-state index in [2.05, 4.69) is 41.8 Å². The SMILES string of the molecule is CCOc1cc(Br)c(Br)c(C=Nc2ccc(N3CCN(C(=O)CC)CC3)cc2)c1O. The van der Waals surface area contributed by atoms with E-state index in [0.29, 0.717) is 28.8 Å². The van der Waals surface area contributed by atoms with Crippen LogP contribution in [-0.2, 0) is 4.79 Å². The van der Waals surface area contributed by atoms with Crippen molar-refractivity contribution in [3.8, 4) is 11.5 Å². The number of carbonyl (C=O) groups is 1. The van der Waals surface area contributed by atoms with Crippen LogP contribution in [0.4, 0.5) is 11.4 Å². The summed E-state index contributed by atoms with van der Waals surface area (Å²) in [6, 6.07) is 9.68. The monoisotopic (exact) mass is 537 g/mol. The molecule has 0 bridgehead atoms. The highest BCUT2D eigenvalue weighted by Gasteiger charge is 2.20. The topological polar surface area (TPSA) is 65.4 Å². The van der Waals surface area contributed by atoms with E-state index in [-0.39, 0.29) is 11.7 Å². The van der Waals surface area contributed by atoms with Gasteiger partial charge in [-0.2, -0.15) is 0 Å². The van der Waals surface area contributed by atoms with E-state index in [9.17, 15) is 9.90 Å². The summed E-state index contributed by atoms with van der Waals surface area (Å²) in [5.41, 5.74) is 2.44. The summed E-state index contributed by atoms with van der Waals surface area (Å²) in [6.07, 6.45) is 2.18. The van der Waals surface area contributed by atoms with E-state index >= 15 is 0 Å². The van der Waals surface area contributed by atoms with Crippen LogP contribution in [-0.4, -0.2) is 54.9 Å². The second kappa shape index (κ2) is 10.3. The molecule has 2 aromatic rings. The van der Waals surface area contributed by atoms with Crippen LogP contribution in [0.3, 0.4) is 0 Å². The molecule has 1 fully saturated rings. The van der Waals surface area contributed by atoms with Crippen LogP contribution in [0.1, 0.15) is 25.8 Å². The molecule has 0 aromatic heterocycles. The number of aliphatic imine (C=N–C) groups is 1. The second-order valence-corrected chi connectivity index (χ2v) is 8.51. The summed E-state index contributed by atoms with van der Waals surface area (Å²) >= 11 is 6.95. The maximum absolute atomic E-state index is 11.8. The minimum atomic E-state index is 0.0480. The lowest BCUT2D eigenvalue weighted by Crippen LogP contribution is -2.48. The molecule has 0 unspecified atom stereocenters. The van der Waals surface area contributed by atoms with Crippen molar-refractivity contribution < 1.29 is 14.6 Å². The highest BCUT2D eigenvalue weighted by molar-refractivity contribution is 9.13. The van der Waals surface area contributed by atoms with Crippen LogP contribution in [0.5, 0.6) is 11.5 Å². The van der Waals surface area contributed by atoms with Gasteiger partial charge in [-0.3, -0.25) is 9.79 Å². The third kappa shape index (κ3) is 5.16. The molecule has 1 aliphatic heterocycles. The number of phenolic OH excluding ortho intramolecular Hbond substituents is 1. The predicted molar refractivity (Wildman–Crippen MR) is 127 cm³/mol. The minimum Gasteiger partial charge on any atom is -0.504 e. The van der Waals surface area contributed by atoms with E-state index in [1.54, 1.807) is 12.3 Å². The Kier molecular flexibility index (Phi) is 7.77. The van der Waals surface area contributed by atoms with Crippen molar-refractivity contribution in [1.82, 2.24) is 4.90 Å². The summed E-state index contributed by atoms with van der Waals surface area (Å²) in [5, 5.41) is 10.5. The maximum Gasteiger partial charge on any atom is 0.222 e. The van der Waals surface area contributed by atoms with E-state index in [4.69, 9.17) is 4.74 Å². The first kappa shape index (κ1) is 22.6. The average molecular weight is 539 g/mol. The normalized spacial score (nSPS) is 14.4. The quantitative estimate of drug-likeness (QED) is 0.518. The van der Waals surface area contributed by atoms with Gasteiger partial charge in [0.1, 0.15) is 0 Å². The van der Waals surface area contributed by atoms with E-state index in [1.807, 2.05) is 43.0 Å². The van der Waals surface area contributed by atoms with Crippen molar-refractivity contribution in [3.05, 3.63) is 44.8 Å².